The van der Waals surface area contributed by atoms with Crippen LogP contribution in [0.3, 0.4) is 0 Å². The van der Waals surface area contributed by atoms with E-state index in [1.165, 1.54) is 5.56 Å². The Kier molecular flexibility index (Phi) is 5.76. The van der Waals surface area contributed by atoms with Gasteiger partial charge in [-0.1, -0.05) is 29.8 Å². The molecular formula is C17H19ClO3. The molecule has 0 saturated heterocycles. The molecule has 0 bridgehead atoms. The Morgan fingerprint density at radius 2 is 1.57 bits per heavy atom. The summed E-state index contributed by atoms with van der Waals surface area (Å²) in [6.45, 7) is 2.92. The van der Waals surface area contributed by atoms with Gasteiger partial charge in [-0.2, -0.15) is 0 Å². The molecule has 0 N–H and O–H groups in total. The van der Waals surface area contributed by atoms with E-state index in [-0.39, 0.29) is 0 Å². The molecule has 0 saturated carbocycles. The average Bonchev–Trinajstić information content (AvgIpc) is 2.52. The van der Waals surface area contributed by atoms with E-state index in [1.807, 2.05) is 49.4 Å². The van der Waals surface area contributed by atoms with Crippen molar-refractivity contribution < 1.29 is 14.2 Å². The minimum absolute atomic E-state index is 0.435. The largest absolute Gasteiger partial charge is 0.493 e. The number of methoxy groups -OCH3 is 1. The van der Waals surface area contributed by atoms with Crippen LogP contribution in [0.5, 0.6) is 17.2 Å². The highest BCUT2D eigenvalue weighted by molar-refractivity contribution is 6.17. The zero-order valence-electron chi connectivity index (χ0n) is 12.3. The second kappa shape index (κ2) is 7.79. The van der Waals surface area contributed by atoms with E-state index < -0.39 is 0 Å². The molecule has 0 spiro atoms. The van der Waals surface area contributed by atoms with Gasteiger partial charge in [-0.25, -0.2) is 0 Å². The Bertz CT molecular complexity index is 584. The van der Waals surface area contributed by atoms with Crippen molar-refractivity contribution in [3.63, 3.8) is 0 Å². The average molecular weight is 307 g/mol. The summed E-state index contributed by atoms with van der Waals surface area (Å²) in [5, 5.41) is 0. The van der Waals surface area contributed by atoms with Crippen LogP contribution in [0.2, 0.25) is 0 Å². The van der Waals surface area contributed by atoms with Crippen LogP contribution in [0.1, 0.15) is 11.1 Å². The van der Waals surface area contributed by atoms with Crippen molar-refractivity contribution in [3.05, 3.63) is 53.6 Å². The fraction of sp³-hybridized carbons (Fsp3) is 0.294. The topological polar surface area (TPSA) is 27.7 Å². The van der Waals surface area contributed by atoms with E-state index in [1.54, 1.807) is 7.11 Å². The fourth-order valence-corrected chi connectivity index (χ4v) is 2.20. The summed E-state index contributed by atoms with van der Waals surface area (Å²) in [7, 11) is 1.62. The van der Waals surface area contributed by atoms with Gasteiger partial charge in [0.2, 0.25) is 0 Å². The Morgan fingerprint density at radius 1 is 0.905 bits per heavy atom. The summed E-state index contributed by atoms with van der Waals surface area (Å²) in [4.78, 5) is 0. The molecule has 0 aliphatic heterocycles. The second-order valence-electron chi connectivity index (χ2n) is 4.59. The van der Waals surface area contributed by atoms with Gasteiger partial charge in [0.1, 0.15) is 19.0 Å². The number of aryl methyl sites for hydroxylation is 1. The number of para-hydroxylation sites is 2. The van der Waals surface area contributed by atoms with Gasteiger partial charge in [-0.05, 0) is 25.1 Å². The SMILES string of the molecule is COc1ccccc1OCCOc1ccc(C)cc1CCl. The van der Waals surface area contributed by atoms with Gasteiger partial charge < -0.3 is 14.2 Å². The van der Waals surface area contributed by atoms with Gasteiger partial charge >= 0.3 is 0 Å². The molecule has 2 aromatic rings. The van der Waals surface area contributed by atoms with Crippen molar-refractivity contribution in [2.24, 2.45) is 0 Å². The van der Waals surface area contributed by atoms with Crippen LogP contribution in [0, 0.1) is 6.92 Å². The lowest BCUT2D eigenvalue weighted by molar-refractivity contribution is 0.210. The van der Waals surface area contributed by atoms with E-state index in [9.17, 15) is 0 Å². The monoisotopic (exact) mass is 306 g/mol. The van der Waals surface area contributed by atoms with E-state index in [4.69, 9.17) is 25.8 Å². The van der Waals surface area contributed by atoms with Crippen molar-refractivity contribution in [3.8, 4) is 17.2 Å². The number of rotatable bonds is 7. The lowest BCUT2D eigenvalue weighted by Gasteiger charge is -2.13. The smallest absolute Gasteiger partial charge is 0.161 e. The zero-order valence-corrected chi connectivity index (χ0v) is 13.0. The first kappa shape index (κ1) is 15.5. The second-order valence-corrected chi connectivity index (χ2v) is 4.86. The summed E-state index contributed by atoms with van der Waals surface area (Å²) < 4.78 is 16.6. The standard InChI is InChI=1S/C17H19ClO3/c1-13-7-8-15(14(11-13)12-18)20-9-10-21-17-6-4-3-5-16(17)19-2/h3-8,11H,9-10,12H2,1-2H3. The lowest BCUT2D eigenvalue weighted by atomic mass is 10.1. The number of benzene rings is 2. The molecule has 0 unspecified atom stereocenters. The fourth-order valence-electron chi connectivity index (χ4n) is 1.99. The summed E-state index contributed by atoms with van der Waals surface area (Å²) >= 11 is 5.92. The number of alkyl halides is 1. The molecule has 0 atom stereocenters. The molecule has 4 heteroatoms. The molecular weight excluding hydrogens is 288 g/mol. The molecule has 112 valence electrons. The molecule has 21 heavy (non-hydrogen) atoms. The summed E-state index contributed by atoms with van der Waals surface area (Å²) in [5.41, 5.74) is 2.16. The molecule has 0 aliphatic rings. The maximum Gasteiger partial charge on any atom is 0.161 e. The Morgan fingerprint density at radius 3 is 2.24 bits per heavy atom. The number of hydrogen-bond donors (Lipinski definition) is 0. The van der Waals surface area contributed by atoms with Crippen LogP contribution < -0.4 is 14.2 Å². The molecule has 0 amide bonds. The van der Waals surface area contributed by atoms with Crippen molar-refractivity contribution in [1.29, 1.82) is 0 Å². The van der Waals surface area contributed by atoms with Crippen molar-refractivity contribution in [2.45, 2.75) is 12.8 Å². The zero-order chi connectivity index (χ0) is 15.1. The van der Waals surface area contributed by atoms with Crippen molar-refractivity contribution >= 4 is 11.6 Å². The summed E-state index contributed by atoms with van der Waals surface area (Å²) in [6.07, 6.45) is 0. The minimum Gasteiger partial charge on any atom is -0.493 e. The molecule has 2 aromatic carbocycles. The number of hydrogen-bond acceptors (Lipinski definition) is 3. The first-order valence-corrected chi connectivity index (χ1v) is 7.32. The van der Waals surface area contributed by atoms with Crippen LogP contribution >= 0.6 is 11.6 Å². The third-order valence-electron chi connectivity index (χ3n) is 3.03. The molecule has 2 rings (SSSR count). The Balaban J connectivity index is 1.87. The van der Waals surface area contributed by atoms with Crippen molar-refractivity contribution in [2.75, 3.05) is 20.3 Å². The van der Waals surface area contributed by atoms with E-state index in [0.29, 0.717) is 30.6 Å². The van der Waals surface area contributed by atoms with Crippen LogP contribution in [0.4, 0.5) is 0 Å². The molecule has 0 fully saturated rings. The van der Waals surface area contributed by atoms with E-state index in [2.05, 4.69) is 0 Å². The van der Waals surface area contributed by atoms with Crippen LogP contribution in [0.25, 0.3) is 0 Å². The highest BCUT2D eigenvalue weighted by atomic mass is 35.5. The maximum absolute atomic E-state index is 5.92. The van der Waals surface area contributed by atoms with Gasteiger partial charge in [-0.15, -0.1) is 11.6 Å². The van der Waals surface area contributed by atoms with Gasteiger partial charge in [0, 0.05) is 5.56 Å². The highest BCUT2D eigenvalue weighted by Crippen LogP contribution is 2.26. The van der Waals surface area contributed by atoms with E-state index in [0.717, 1.165) is 11.3 Å². The van der Waals surface area contributed by atoms with Crippen LogP contribution in [0.15, 0.2) is 42.5 Å². The molecule has 0 heterocycles. The van der Waals surface area contributed by atoms with E-state index >= 15 is 0 Å². The van der Waals surface area contributed by atoms with Crippen molar-refractivity contribution in [1.82, 2.24) is 0 Å². The van der Waals surface area contributed by atoms with Crippen LogP contribution in [-0.2, 0) is 5.88 Å². The third kappa shape index (κ3) is 4.30. The van der Waals surface area contributed by atoms with Crippen LogP contribution in [-0.4, -0.2) is 20.3 Å². The molecule has 0 aliphatic carbocycles. The Labute approximate surface area is 130 Å². The predicted octanol–water partition coefficient (Wildman–Crippen LogP) is 4.20. The van der Waals surface area contributed by atoms with Gasteiger partial charge in [0.25, 0.3) is 0 Å². The first-order chi connectivity index (χ1) is 10.2. The highest BCUT2D eigenvalue weighted by Gasteiger charge is 2.05. The van der Waals surface area contributed by atoms with Gasteiger partial charge in [-0.3, -0.25) is 0 Å². The molecule has 0 radical (unpaired) electrons. The number of ether oxygens (including phenoxy) is 3. The summed E-state index contributed by atoms with van der Waals surface area (Å²) in [6, 6.07) is 13.5. The molecule has 0 aromatic heterocycles. The number of halogens is 1. The van der Waals surface area contributed by atoms with Gasteiger partial charge in [0.15, 0.2) is 11.5 Å². The normalized spacial score (nSPS) is 10.2. The first-order valence-electron chi connectivity index (χ1n) is 6.78. The van der Waals surface area contributed by atoms with Gasteiger partial charge in [0.05, 0.1) is 13.0 Å². The molecule has 3 nitrogen and oxygen atoms in total. The maximum atomic E-state index is 5.92. The minimum atomic E-state index is 0.435. The lowest BCUT2D eigenvalue weighted by Crippen LogP contribution is -2.10. The quantitative estimate of drug-likeness (QED) is 0.567. The Hall–Kier alpha value is -1.87. The predicted molar refractivity (Wildman–Crippen MR) is 84.7 cm³/mol. The summed E-state index contributed by atoms with van der Waals surface area (Å²) in [5.74, 6) is 2.67. The third-order valence-corrected chi connectivity index (χ3v) is 3.32.